The number of rotatable bonds is 5. The molecule has 2 aliphatic rings. The largest absolute Gasteiger partial charge is 0.476 e. The van der Waals surface area contributed by atoms with Gasteiger partial charge in [-0.05, 0) is 37.5 Å². The van der Waals surface area contributed by atoms with Crippen LogP contribution < -0.4 is 5.32 Å². The van der Waals surface area contributed by atoms with E-state index in [2.05, 4.69) is 15.3 Å². The van der Waals surface area contributed by atoms with E-state index >= 15 is 0 Å². The zero-order valence-corrected chi connectivity index (χ0v) is 10.4. The van der Waals surface area contributed by atoms with Gasteiger partial charge in [-0.3, -0.25) is 4.79 Å². The predicted molar refractivity (Wildman–Crippen MR) is 65.7 cm³/mol. The first-order valence-electron chi connectivity index (χ1n) is 6.51. The van der Waals surface area contributed by atoms with E-state index in [1.165, 1.54) is 31.9 Å². The molecule has 2 aliphatic carbocycles. The summed E-state index contributed by atoms with van der Waals surface area (Å²) in [5.74, 6) is -0.174. The standard InChI is InChI=1S/C13H15N3O3/c17-12(9-5-15-10(6-14-9)13(18)19)16-11(7-1-2-7)8-3-4-8/h5-8,11H,1-4H2,(H,16,17)(H,18,19). The van der Waals surface area contributed by atoms with E-state index in [9.17, 15) is 9.59 Å². The molecule has 1 heterocycles. The molecular weight excluding hydrogens is 246 g/mol. The van der Waals surface area contributed by atoms with Crippen LogP contribution in [0.2, 0.25) is 0 Å². The lowest BCUT2D eigenvalue weighted by molar-refractivity contribution is 0.0688. The van der Waals surface area contributed by atoms with Crippen LogP contribution in [0, 0.1) is 11.8 Å². The van der Waals surface area contributed by atoms with E-state index in [1.807, 2.05) is 0 Å². The van der Waals surface area contributed by atoms with Crippen molar-refractivity contribution in [1.82, 2.24) is 15.3 Å². The number of aromatic carboxylic acids is 1. The monoisotopic (exact) mass is 261 g/mol. The molecule has 0 saturated heterocycles. The second kappa shape index (κ2) is 4.60. The van der Waals surface area contributed by atoms with Gasteiger partial charge in [0.15, 0.2) is 5.69 Å². The topological polar surface area (TPSA) is 92.2 Å². The second-order valence-electron chi connectivity index (χ2n) is 5.27. The van der Waals surface area contributed by atoms with Crippen molar-refractivity contribution in [3.05, 3.63) is 23.8 Å². The van der Waals surface area contributed by atoms with Crippen LogP contribution in [0.5, 0.6) is 0 Å². The number of carboxylic acid groups (broad SMARTS) is 1. The third-order valence-corrected chi connectivity index (χ3v) is 3.66. The van der Waals surface area contributed by atoms with Crippen molar-refractivity contribution < 1.29 is 14.7 Å². The summed E-state index contributed by atoms with van der Waals surface area (Å²) in [7, 11) is 0. The Morgan fingerprint density at radius 1 is 1.11 bits per heavy atom. The summed E-state index contributed by atoms with van der Waals surface area (Å²) in [6.07, 6.45) is 7.07. The molecule has 2 saturated carbocycles. The number of nitrogens with zero attached hydrogens (tertiary/aromatic N) is 2. The molecule has 0 aliphatic heterocycles. The van der Waals surface area contributed by atoms with Crippen molar-refractivity contribution in [2.45, 2.75) is 31.7 Å². The first-order valence-corrected chi connectivity index (χ1v) is 6.51. The second-order valence-corrected chi connectivity index (χ2v) is 5.27. The Morgan fingerprint density at radius 3 is 2.05 bits per heavy atom. The van der Waals surface area contributed by atoms with Crippen molar-refractivity contribution >= 4 is 11.9 Å². The predicted octanol–water partition coefficient (Wildman–Crippen LogP) is 1.09. The van der Waals surface area contributed by atoms with Crippen LogP contribution in [0.3, 0.4) is 0 Å². The lowest BCUT2D eigenvalue weighted by atomic mass is 10.1. The highest BCUT2D eigenvalue weighted by Crippen LogP contribution is 2.44. The van der Waals surface area contributed by atoms with Crippen molar-refractivity contribution in [3.8, 4) is 0 Å². The molecule has 0 unspecified atom stereocenters. The van der Waals surface area contributed by atoms with E-state index in [1.54, 1.807) is 0 Å². The summed E-state index contributed by atoms with van der Waals surface area (Å²) >= 11 is 0. The maximum absolute atomic E-state index is 12.0. The number of amides is 1. The maximum Gasteiger partial charge on any atom is 0.356 e. The molecule has 2 fully saturated rings. The van der Waals surface area contributed by atoms with Crippen molar-refractivity contribution in [2.24, 2.45) is 11.8 Å². The Hall–Kier alpha value is -1.98. The van der Waals surface area contributed by atoms with Crippen LogP contribution in [-0.4, -0.2) is 33.0 Å². The summed E-state index contributed by atoms with van der Waals surface area (Å²) in [6.45, 7) is 0. The molecule has 1 amide bonds. The Morgan fingerprint density at radius 2 is 1.63 bits per heavy atom. The molecule has 0 atom stereocenters. The molecule has 19 heavy (non-hydrogen) atoms. The van der Waals surface area contributed by atoms with Gasteiger partial charge in [0.1, 0.15) is 5.69 Å². The number of nitrogens with one attached hydrogen (secondary N) is 1. The minimum absolute atomic E-state index is 0.155. The molecule has 0 spiro atoms. The van der Waals surface area contributed by atoms with Gasteiger partial charge in [0.25, 0.3) is 5.91 Å². The molecule has 6 nitrogen and oxygen atoms in total. The zero-order valence-electron chi connectivity index (χ0n) is 10.4. The number of hydrogen-bond donors (Lipinski definition) is 2. The molecule has 0 bridgehead atoms. The first-order chi connectivity index (χ1) is 9.15. The summed E-state index contributed by atoms with van der Waals surface area (Å²) in [4.78, 5) is 30.3. The van der Waals surface area contributed by atoms with Crippen molar-refractivity contribution in [2.75, 3.05) is 0 Å². The van der Waals surface area contributed by atoms with Crippen LogP contribution in [-0.2, 0) is 0 Å². The van der Waals surface area contributed by atoms with Gasteiger partial charge < -0.3 is 10.4 Å². The fourth-order valence-corrected chi connectivity index (χ4v) is 2.31. The Bertz CT molecular complexity index is 494. The fraction of sp³-hybridized carbons (Fsp3) is 0.538. The molecule has 3 rings (SSSR count). The number of aromatic nitrogens is 2. The highest BCUT2D eigenvalue weighted by atomic mass is 16.4. The average Bonchev–Trinajstić information content (AvgIpc) is 3.29. The van der Waals surface area contributed by atoms with Gasteiger partial charge in [-0.1, -0.05) is 0 Å². The molecule has 0 radical (unpaired) electrons. The molecule has 100 valence electrons. The lowest BCUT2D eigenvalue weighted by Crippen LogP contribution is -2.38. The van der Waals surface area contributed by atoms with Crippen LogP contribution in [0.4, 0.5) is 0 Å². The van der Waals surface area contributed by atoms with E-state index in [0.29, 0.717) is 11.8 Å². The van der Waals surface area contributed by atoms with Gasteiger partial charge in [-0.25, -0.2) is 14.8 Å². The summed E-state index contributed by atoms with van der Waals surface area (Å²) in [5.41, 5.74) is 0.0220. The molecule has 1 aromatic rings. The number of carbonyl (C=O) groups is 2. The summed E-state index contributed by atoms with van der Waals surface area (Å²) in [6, 6.07) is 0.258. The SMILES string of the molecule is O=C(O)c1cnc(C(=O)NC(C2CC2)C2CC2)cn1. The van der Waals surface area contributed by atoms with Gasteiger partial charge in [0, 0.05) is 6.04 Å². The van der Waals surface area contributed by atoms with Gasteiger partial charge in [-0.15, -0.1) is 0 Å². The Labute approximate surface area is 110 Å². The maximum atomic E-state index is 12.0. The normalized spacial score (nSPS) is 18.4. The molecule has 2 N–H and O–H groups in total. The average molecular weight is 261 g/mol. The van der Waals surface area contributed by atoms with E-state index in [4.69, 9.17) is 5.11 Å². The molecule has 6 heteroatoms. The number of hydrogen-bond acceptors (Lipinski definition) is 4. The summed E-state index contributed by atoms with van der Waals surface area (Å²) in [5, 5.41) is 11.7. The smallest absolute Gasteiger partial charge is 0.356 e. The van der Waals surface area contributed by atoms with Crippen LogP contribution >= 0.6 is 0 Å². The first kappa shape index (κ1) is 12.1. The van der Waals surface area contributed by atoms with Gasteiger partial charge in [0.2, 0.25) is 0 Å². The van der Waals surface area contributed by atoms with Gasteiger partial charge >= 0.3 is 5.97 Å². The van der Waals surface area contributed by atoms with Crippen LogP contribution in [0.15, 0.2) is 12.4 Å². The zero-order chi connectivity index (χ0) is 13.4. The Balaban J connectivity index is 1.67. The quantitative estimate of drug-likeness (QED) is 0.827. The third-order valence-electron chi connectivity index (χ3n) is 3.66. The number of carboxylic acids is 1. The van der Waals surface area contributed by atoms with Crippen molar-refractivity contribution in [3.63, 3.8) is 0 Å². The minimum Gasteiger partial charge on any atom is -0.476 e. The Kier molecular flexibility index (Phi) is 2.93. The van der Waals surface area contributed by atoms with E-state index in [0.717, 1.165) is 6.20 Å². The molecular formula is C13H15N3O3. The van der Waals surface area contributed by atoms with Gasteiger partial charge in [-0.2, -0.15) is 0 Å². The minimum atomic E-state index is -1.15. The molecule has 0 aromatic carbocycles. The fourth-order valence-electron chi connectivity index (χ4n) is 2.31. The van der Waals surface area contributed by atoms with E-state index < -0.39 is 5.97 Å². The third kappa shape index (κ3) is 2.72. The van der Waals surface area contributed by atoms with Crippen LogP contribution in [0.1, 0.15) is 46.7 Å². The van der Waals surface area contributed by atoms with E-state index in [-0.39, 0.29) is 23.3 Å². The highest BCUT2D eigenvalue weighted by Gasteiger charge is 2.42. The lowest BCUT2D eigenvalue weighted by Gasteiger charge is -2.17. The van der Waals surface area contributed by atoms with Crippen molar-refractivity contribution in [1.29, 1.82) is 0 Å². The van der Waals surface area contributed by atoms with Gasteiger partial charge in [0.05, 0.1) is 12.4 Å². The van der Waals surface area contributed by atoms with Crippen LogP contribution in [0.25, 0.3) is 0 Å². The highest BCUT2D eigenvalue weighted by molar-refractivity contribution is 5.93. The number of carbonyl (C=O) groups excluding carboxylic acids is 1. The molecule has 1 aromatic heterocycles. The summed E-state index contributed by atoms with van der Waals surface area (Å²) < 4.78 is 0.